The fraction of sp³-hybridized carbons (Fsp3) is 0.706. The first-order chi connectivity index (χ1) is 11.6. The molecule has 0 aromatic carbocycles. The number of nitrogens with one attached hydrogen (secondary N) is 2. The van der Waals surface area contributed by atoms with Gasteiger partial charge >= 0.3 is 5.97 Å². The van der Waals surface area contributed by atoms with E-state index in [0.29, 0.717) is 6.42 Å². The number of hydrogen-bond acceptors (Lipinski definition) is 4. The van der Waals surface area contributed by atoms with Crippen LogP contribution >= 0.6 is 24.0 Å². The van der Waals surface area contributed by atoms with Crippen molar-refractivity contribution in [2.75, 3.05) is 27.2 Å². The molecule has 0 unspecified atom stereocenters. The van der Waals surface area contributed by atoms with Gasteiger partial charge in [-0.1, -0.05) is 6.42 Å². The molecule has 1 rings (SSSR count). The van der Waals surface area contributed by atoms with E-state index in [1.807, 2.05) is 11.6 Å². The summed E-state index contributed by atoms with van der Waals surface area (Å²) >= 11 is 0. The van der Waals surface area contributed by atoms with E-state index in [-0.39, 0.29) is 29.9 Å². The molecule has 0 fully saturated rings. The summed E-state index contributed by atoms with van der Waals surface area (Å²) in [5.74, 6) is 0.680. The molecule has 0 saturated carbocycles. The summed E-state index contributed by atoms with van der Waals surface area (Å²) in [5.41, 5.74) is 2.26. The van der Waals surface area contributed by atoms with E-state index in [1.165, 1.54) is 12.8 Å². The number of hydrogen-bond donors (Lipinski definition) is 2. The molecular weight excluding hydrogens is 433 g/mol. The van der Waals surface area contributed by atoms with Crippen LogP contribution in [0.2, 0.25) is 0 Å². The minimum Gasteiger partial charge on any atom is -0.469 e. The minimum absolute atomic E-state index is 0. The third-order valence-corrected chi connectivity index (χ3v) is 3.74. The van der Waals surface area contributed by atoms with Crippen LogP contribution in [0, 0.1) is 13.8 Å². The molecule has 8 heteroatoms. The number of carbonyl (C=O) groups is 1. The van der Waals surface area contributed by atoms with Crippen LogP contribution < -0.4 is 10.6 Å². The SMILES string of the molecule is CN=C(NCCCCCC(=O)OC)NCCCn1nc(C)cc1C.I. The Balaban J connectivity index is 0.00000576. The van der Waals surface area contributed by atoms with Crippen molar-refractivity contribution in [2.24, 2.45) is 4.99 Å². The van der Waals surface area contributed by atoms with Crippen molar-refractivity contribution in [1.82, 2.24) is 20.4 Å². The molecular formula is C17H32IN5O2. The minimum atomic E-state index is -0.136. The number of ether oxygens (including phenoxy) is 1. The van der Waals surface area contributed by atoms with E-state index in [4.69, 9.17) is 0 Å². The predicted molar refractivity (Wildman–Crippen MR) is 112 cm³/mol. The van der Waals surface area contributed by atoms with Crippen LogP contribution in [0.1, 0.15) is 43.5 Å². The number of aliphatic imine (C=N–C) groups is 1. The molecule has 1 aromatic heterocycles. The van der Waals surface area contributed by atoms with Gasteiger partial charge in [-0.3, -0.25) is 14.5 Å². The molecule has 2 N–H and O–H groups in total. The normalized spacial score (nSPS) is 11.0. The van der Waals surface area contributed by atoms with Gasteiger partial charge in [-0.15, -0.1) is 24.0 Å². The number of guanidine groups is 1. The summed E-state index contributed by atoms with van der Waals surface area (Å²) in [6.45, 7) is 6.68. The van der Waals surface area contributed by atoms with Crippen LogP contribution in [0.5, 0.6) is 0 Å². The highest BCUT2D eigenvalue weighted by atomic mass is 127. The number of unbranched alkanes of at least 4 members (excludes halogenated alkanes) is 2. The number of nitrogens with zero attached hydrogens (tertiary/aromatic N) is 3. The van der Waals surface area contributed by atoms with Gasteiger partial charge in [-0.2, -0.15) is 5.10 Å². The first-order valence-corrected chi connectivity index (χ1v) is 8.59. The smallest absolute Gasteiger partial charge is 0.305 e. The summed E-state index contributed by atoms with van der Waals surface area (Å²) in [6.07, 6.45) is 4.35. The molecule has 0 aliphatic heterocycles. The molecule has 0 amide bonds. The number of halogens is 1. The van der Waals surface area contributed by atoms with Crippen molar-refractivity contribution >= 4 is 35.9 Å². The molecule has 0 radical (unpaired) electrons. The maximum absolute atomic E-state index is 11.0. The largest absolute Gasteiger partial charge is 0.469 e. The standard InChI is InChI=1S/C17H31N5O2.HI/c1-14-13-15(2)22(21-14)12-8-11-20-17(18-3)19-10-7-5-6-9-16(23)24-4;/h13H,5-12H2,1-4H3,(H2,18,19,20);1H. The van der Waals surface area contributed by atoms with Gasteiger partial charge < -0.3 is 15.4 Å². The van der Waals surface area contributed by atoms with Crippen molar-refractivity contribution < 1.29 is 9.53 Å². The fourth-order valence-electron chi connectivity index (χ4n) is 2.44. The van der Waals surface area contributed by atoms with Crippen molar-refractivity contribution in [2.45, 2.75) is 52.5 Å². The molecule has 1 heterocycles. The Kier molecular flexibility index (Phi) is 13.2. The Morgan fingerprint density at radius 2 is 1.88 bits per heavy atom. The lowest BCUT2D eigenvalue weighted by atomic mass is 10.2. The van der Waals surface area contributed by atoms with Gasteiger partial charge in [-0.25, -0.2) is 0 Å². The van der Waals surface area contributed by atoms with Gasteiger partial charge in [0.05, 0.1) is 12.8 Å². The van der Waals surface area contributed by atoms with E-state index in [9.17, 15) is 4.79 Å². The van der Waals surface area contributed by atoms with Crippen LogP contribution in [0.4, 0.5) is 0 Å². The second-order valence-corrected chi connectivity index (χ2v) is 5.82. The van der Waals surface area contributed by atoms with Gasteiger partial charge in [0.25, 0.3) is 0 Å². The van der Waals surface area contributed by atoms with Crippen LogP contribution in [0.3, 0.4) is 0 Å². The Morgan fingerprint density at radius 3 is 2.44 bits per heavy atom. The number of rotatable bonds is 10. The zero-order valence-electron chi connectivity index (χ0n) is 15.8. The third kappa shape index (κ3) is 10.3. The van der Waals surface area contributed by atoms with Crippen LogP contribution in [-0.4, -0.2) is 49.0 Å². The van der Waals surface area contributed by atoms with Crippen molar-refractivity contribution in [3.8, 4) is 0 Å². The number of methoxy groups -OCH3 is 1. The van der Waals surface area contributed by atoms with Crippen LogP contribution in [-0.2, 0) is 16.1 Å². The Bertz CT molecular complexity index is 531. The summed E-state index contributed by atoms with van der Waals surface area (Å²) < 4.78 is 6.65. The maximum atomic E-state index is 11.0. The predicted octanol–water partition coefficient (Wildman–Crippen LogP) is 2.41. The highest BCUT2D eigenvalue weighted by Crippen LogP contribution is 2.02. The second-order valence-electron chi connectivity index (χ2n) is 5.82. The van der Waals surface area contributed by atoms with E-state index in [1.54, 1.807) is 7.05 Å². The number of aryl methyl sites for hydroxylation is 3. The van der Waals surface area contributed by atoms with E-state index < -0.39 is 0 Å². The van der Waals surface area contributed by atoms with Gasteiger partial charge in [0.2, 0.25) is 0 Å². The second kappa shape index (κ2) is 13.9. The number of esters is 1. The highest BCUT2D eigenvalue weighted by molar-refractivity contribution is 14.0. The van der Waals surface area contributed by atoms with Gasteiger partial charge in [0, 0.05) is 38.8 Å². The molecule has 0 bridgehead atoms. The van der Waals surface area contributed by atoms with Crippen molar-refractivity contribution in [3.63, 3.8) is 0 Å². The highest BCUT2D eigenvalue weighted by Gasteiger charge is 2.02. The van der Waals surface area contributed by atoms with Gasteiger partial charge in [0.15, 0.2) is 5.96 Å². The fourth-order valence-corrected chi connectivity index (χ4v) is 2.44. The number of aromatic nitrogens is 2. The molecule has 0 atom stereocenters. The topological polar surface area (TPSA) is 80.5 Å². The number of carbonyl (C=O) groups excluding carboxylic acids is 1. The van der Waals surface area contributed by atoms with E-state index in [0.717, 1.165) is 57.0 Å². The molecule has 0 aliphatic rings. The van der Waals surface area contributed by atoms with Crippen molar-refractivity contribution in [1.29, 1.82) is 0 Å². The first kappa shape index (κ1) is 23.7. The average molecular weight is 465 g/mol. The van der Waals surface area contributed by atoms with Gasteiger partial charge in [0.1, 0.15) is 0 Å². The molecule has 144 valence electrons. The first-order valence-electron chi connectivity index (χ1n) is 8.59. The van der Waals surface area contributed by atoms with Crippen LogP contribution in [0.25, 0.3) is 0 Å². The Morgan fingerprint density at radius 1 is 1.20 bits per heavy atom. The van der Waals surface area contributed by atoms with E-state index in [2.05, 4.69) is 38.5 Å². The zero-order valence-corrected chi connectivity index (χ0v) is 18.1. The molecule has 0 aliphatic carbocycles. The summed E-state index contributed by atoms with van der Waals surface area (Å²) in [7, 11) is 3.20. The molecule has 25 heavy (non-hydrogen) atoms. The molecule has 0 saturated heterocycles. The zero-order chi connectivity index (χ0) is 17.8. The van der Waals surface area contributed by atoms with E-state index >= 15 is 0 Å². The lowest BCUT2D eigenvalue weighted by Crippen LogP contribution is -2.38. The molecule has 1 aromatic rings. The lowest BCUT2D eigenvalue weighted by molar-refractivity contribution is -0.140. The Hall–Kier alpha value is -1.32. The molecule has 7 nitrogen and oxygen atoms in total. The maximum Gasteiger partial charge on any atom is 0.305 e. The van der Waals surface area contributed by atoms with Gasteiger partial charge in [-0.05, 0) is 39.2 Å². The lowest BCUT2D eigenvalue weighted by Gasteiger charge is -2.12. The van der Waals surface area contributed by atoms with Crippen LogP contribution in [0.15, 0.2) is 11.1 Å². The average Bonchev–Trinajstić information content (AvgIpc) is 2.89. The summed E-state index contributed by atoms with van der Waals surface area (Å²) in [6, 6.07) is 2.09. The summed E-state index contributed by atoms with van der Waals surface area (Å²) in [5, 5.41) is 11.0. The molecule has 0 spiro atoms. The Labute approximate surface area is 168 Å². The summed E-state index contributed by atoms with van der Waals surface area (Å²) in [4.78, 5) is 15.2. The quantitative estimate of drug-likeness (QED) is 0.182. The van der Waals surface area contributed by atoms with Crippen molar-refractivity contribution in [3.05, 3.63) is 17.5 Å². The monoisotopic (exact) mass is 465 g/mol. The third-order valence-electron chi connectivity index (χ3n) is 3.74.